The van der Waals surface area contributed by atoms with E-state index in [0.717, 1.165) is 24.6 Å². The van der Waals surface area contributed by atoms with Gasteiger partial charge in [-0.05, 0) is 25.7 Å². The van der Waals surface area contributed by atoms with Crippen LogP contribution in [0.1, 0.15) is 50.6 Å². The van der Waals surface area contributed by atoms with Gasteiger partial charge in [-0.1, -0.05) is 19.3 Å². The van der Waals surface area contributed by atoms with Gasteiger partial charge in [0.1, 0.15) is 0 Å². The molecule has 0 bridgehead atoms. The van der Waals surface area contributed by atoms with Crippen LogP contribution in [-0.2, 0) is 11.3 Å². The van der Waals surface area contributed by atoms with Crippen molar-refractivity contribution in [1.29, 1.82) is 0 Å². The molecular formula is C15H25N3OS. The molecule has 1 saturated heterocycles. The molecule has 5 heteroatoms. The Morgan fingerprint density at radius 3 is 2.60 bits per heavy atom. The van der Waals surface area contributed by atoms with Gasteiger partial charge in [-0.2, -0.15) is 0 Å². The van der Waals surface area contributed by atoms with Crippen LogP contribution < -0.4 is 5.73 Å². The van der Waals surface area contributed by atoms with E-state index in [4.69, 9.17) is 10.5 Å². The van der Waals surface area contributed by atoms with E-state index in [1.165, 1.54) is 56.5 Å². The second-order valence-corrected chi connectivity index (χ2v) is 6.90. The second-order valence-electron chi connectivity index (χ2n) is 6.02. The Bertz CT molecular complexity index is 409. The molecule has 1 aromatic heterocycles. The smallest absolute Gasteiger partial charge is 0.180 e. The van der Waals surface area contributed by atoms with Crippen molar-refractivity contribution in [2.75, 3.05) is 18.8 Å². The molecule has 0 atom stereocenters. The van der Waals surface area contributed by atoms with Crippen molar-refractivity contribution in [2.45, 2.75) is 63.7 Å². The van der Waals surface area contributed by atoms with Crippen LogP contribution in [0.3, 0.4) is 0 Å². The Morgan fingerprint density at radius 1 is 1.20 bits per heavy atom. The third-order valence-corrected chi connectivity index (χ3v) is 5.33. The van der Waals surface area contributed by atoms with Crippen molar-refractivity contribution >= 4 is 16.5 Å². The lowest BCUT2D eigenvalue weighted by atomic mass is 9.92. The van der Waals surface area contributed by atoms with E-state index in [-0.39, 0.29) is 0 Å². The van der Waals surface area contributed by atoms with Crippen molar-refractivity contribution in [2.24, 2.45) is 0 Å². The topological polar surface area (TPSA) is 51.4 Å². The Labute approximate surface area is 125 Å². The molecule has 2 fully saturated rings. The first-order valence-electron chi connectivity index (χ1n) is 7.87. The van der Waals surface area contributed by atoms with E-state index in [2.05, 4.69) is 9.88 Å². The number of piperidine rings is 1. The second kappa shape index (κ2) is 6.87. The molecule has 2 heterocycles. The molecule has 0 radical (unpaired) electrons. The quantitative estimate of drug-likeness (QED) is 0.927. The number of nitrogens with zero attached hydrogens (tertiary/aromatic N) is 2. The fourth-order valence-electron chi connectivity index (χ4n) is 3.45. The Morgan fingerprint density at radius 2 is 1.95 bits per heavy atom. The lowest BCUT2D eigenvalue weighted by molar-refractivity contribution is -0.0154. The summed E-state index contributed by atoms with van der Waals surface area (Å²) >= 11 is 1.49. The lowest BCUT2D eigenvalue weighted by Crippen LogP contribution is -2.44. The minimum absolute atomic E-state index is 0.401. The molecule has 1 saturated carbocycles. The molecule has 4 nitrogen and oxygen atoms in total. The van der Waals surface area contributed by atoms with Gasteiger partial charge in [-0.15, -0.1) is 11.3 Å². The van der Waals surface area contributed by atoms with Gasteiger partial charge in [0, 0.05) is 24.5 Å². The van der Waals surface area contributed by atoms with E-state index in [1.807, 2.05) is 5.38 Å². The number of thiazole rings is 1. The van der Waals surface area contributed by atoms with Gasteiger partial charge in [0.25, 0.3) is 0 Å². The zero-order valence-electron chi connectivity index (χ0n) is 12.1. The molecule has 1 aliphatic heterocycles. The predicted octanol–water partition coefficient (Wildman–Crippen LogP) is 3.04. The van der Waals surface area contributed by atoms with Gasteiger partial charge in [0.05, 0.1) is 18.4 Å². The molecular weight excluding hydrogens is 270 g/mol. The highest BCUT2D eigenvalue weighted by atomic mass is 32.1. The normalized spacial score (nSPS) is 23.2. The van der Waals surface area contributed by atoms with Crippen LogP contribution in [0, 0.1) is 0 Å². The van der Waals surface area contributed by atoms with Crippen LogP contribution in [0.15, 0.2) is 5.38 Å². The van der Waals surface area contributed by atoms with Gasteiger partial charge in [0.2, 0.25) is 0 Å². The molecule has 20 heavy (non-hydrogen) atoms. The van der Waals surface area contributed by atoms with Crippen LogP contribution in [0.2, 0.25) is 0 Å². The van der Waals surface area contributed by atoms with Crippen molar-refractivity contribution in [3.8, 4) is 0 Å². The van der Waals surface area contributed by atoms with E-state index < -0.39 is 0 Å². The average Bonchev–Trinajstić information content (AvgIpc) is 2.92. The summed E-state index contributed by atoms with van der Waals surface area (Å²) in [4.78, 5) is 6.94. The van der Waals surface area contributed by atoms with Crippen LogP contribution in [-0.4, -0.2) is 35.1 Å². The minimum atomic E-state index is 0.401. The number of hydrogen-bond donors (Lipinski definition) is 1. The fraction of sp³-hybridized carbons (Fsp3) is 0.800. The number of rotatable bonds is 4. The van der Waals surface area contributed by atoms with Crippen LogP contribution in [0.25, 0.3) is 0 Å². The third-order valence-electron chi connectivity index (χ3n) is 4.60. The van der Waals surface area contributed by atoms with Crippen molar-refractivity contribution < 1.29 is 4.74 Å². The Kier molecular flexibility index (Phi) is 4.91. The Hall–Kier alpha value is -0.650. The summed E-state index contributed by atoms with van der Waals surface area (Å²) in [5, 5.41) is 2.63. The maximum atomic E-state index is 5.98. The number of aromatic nitrogens is 1. The van der Waals surface area contributed by atoms with Crippen molar-refractivity contribution in [3.63, 3.8) is 0 Å². The van der Waals surface area contributed by atoms with Gasteiger partial charge >= 0.3 is 0 Å². The van der Waals surface area contributed by atoms with Gasteiger partial charge in [-0.3, -0.25) is 0 Å². The number of ether oxygens (including phenoxy) is 1. The lowest BCUT2D eigenvalue weighted by Gasteiger charge is -2.39. The minimum Gasteiger partial charge on any atom is -0.375 e. The zero-order valence-corrected chi connectivity index (χ0v) is 12.9. The summed E-state index contributed by atoms with van der Waals surface area (Å²) in [5.74, 6) is 0. The summed E-state index contributed by atoms with van der Waals surface area (Å²) < 4.78 is 5.98. The molecule has 0 aromatic carbocycles. The maximum Gasteiger partial charge on any atom is 0.180 e. The summed E-state index contributed by atoms with van der Waals surface area (Å²) in [6.45, 7) is 3.02. The number of anilines is 1. The first-order valence-corrected chi connectivity index (χ1v) is 8.75. The number of nitrogens with two attached hydrogens (primary N) is 1. The molecule has 3 rings (SSSR count). The molecule has 0 amide bonds. The van der Waals surface area contributed by atoms with Crippen LogP contribution in [0.4, 0.5) is 5.13 Å². The van der Waals surface area contributed by atoms with E-state index in [1.54, 1.807) is 0 Å². The molecule has 1 aromatic rings. The first kappa shape index (κ1) is 14.3. The molecule has 1 aliphatic carbocycles. The highest BCUT2D eigenvalue weighted by Gasteiger charge is 2.26. The zero-order chi connectivity index (χ0) is 13.8. The number of likely N-dealkylation sites (tertiary alicyclic amines) is 1. The average molecular weight is 295 g/mol. The van der Waals surface area contributed by atoms with Gasteiger partial charge < -0.3 is 15.4 Å². The largest absolute Gasteiger partial charge is 0.375 e. The fourth-order valence-corrected chi connectivity index (χ4v) is 3.99. The van der Waals surface area contributed by atoms with Crippen molar-refractivity contribution in [3.05, 3.63) is 11.1 Å². The third kappa shape index (κ3) is 3.71. The summed E-state index contributed by atoms with van der Waals surface area (Å²) in [6, 6.07) is 0.850. The van der Waals surface area contributed by atoms with Gasteiger partial charge in [-0.25, -0.2) is 4.98 Å². The Balaban J connectivity index is 1.39. The van der Waals surface area contributed by atoms with Crippen LogP contribution in [0.5, 0.6) is 0 Å². The molecule has 0 spiro atoms. The summed E-state index contributed by atoms with van der Waals surface area (Å²) in [7, 11) is 0. The molecule has 2 aliphatic rings. The molecule has 2 N–H and O–H groups in total. The monoisotopic (exact) mass is 295 g/mol. The van der Waals surface area contributed by atoms with E-state index in [0.29, 0.717) is 17.8 Å². The molecule has 0 unspecified atom stereocenters. The number of nitrogen functional groups attached to an aromatic ring is 1. The SMILES string of the molecule is Nc1nc(COC2CCN(C3CCCCC3)CC2)cs1. The van der Waals surface area contributed by atoms with E-state index in [9.17, 15) is 0 Å². The highest BCUT2D eigenvalue weighted by Crippen LogP contribution is 2.26. The highest BCUT2D eigenvalue weighted by molar-refractivity contribution is 7.13. The standard InChI is InChI=1S/C15H25N3OS/c16-15-17-12(11-20-15)10-19-14-6-8-18(9-7-14)13-4-2-1-3-5-13/h11,13-14H,1-10H2,(H2,16,17). The predicted molar refractivity (Wildman–Crippen MR) is 82.8 cm³/mol. The van der Waals surface area contributed by atoms with E-state index >= 15 is 0 Å². The van der Waals surface area contributed by atoms with Crippen LogP contribution >= 0.6 is 11.3 Å². The van der Waals surface area contributed by atoms with Gasteiger partial charge in [0.15, 0.2) is 5.13 Å². The molecule has 112 valence electrons. The summed E-state index contributed by atoms with van der Waals surface area (Å²) in [6.07, 6.45) is 9.82. The summed E-state index contributed by atoms with van der Waals surface area (Å²) in [5.41, 5.74) is 6.61. The maximum absolute atomic E-state index is 5.98. The number of hydrogen-bond acceptors (Lipinski definition) is 5. The van der Waals surface area contributed by atoms with Crippen molar-refractivity contribution in [1.82, 2.24) is 9.88 Å². The first-order chi connectivity index (χ1) is 9.81.